The fourth-order valence-electron chi connectivity index (χ4n) is 1.31. The van der Waals surface area contributed by atoms with Crippen LogP contribution < -0.4 is 5.32 Å². The van der Waals surface area contributed by atoms with Crippen LogP contribution in [0, 0.1) is 5.41 Å². The third-order valence-electron chi connectivity index (χ3n) is 2.03. The molecule has 0 atom stereocenters. The van der Waals surface area contributed by atoms with Crippen molar-refractivity contribution in [2.45, 2.75) is 37.9 Å². The first kappa shape index (κ1) is 15.5. The average molecular weight is 310 g/mol. The average Bonchev–Trinajstić information content (AvgIpc) is 2.59. The van der Waals surface area contributed by atoms with E-state index < -0.39 is 9.05 Å². The molecular formula is C11H16ClNO3S2. The van der Waals surface area contributed by atoms with Crippen LogP contribution in [0.25, 0.3) is 0 Å². The fraction of sp³-hybridized carbons (Fsp3) is 0.545. The quantitative estimate of drug-likeness (QED) is 0.870. The van der Waals surface area contributed by atoms with E-state index in [4.69, 9.17) is 10.7 Å². The van der Waals surface area contributed by atoms with Crippen LogP contribution in [0.5, 0.6) is 0 Å². The van der Waals surface area contributed by atoms with Crippen molar-refractivity contribution in [2.24, 2.45) is 5.41 Å². The summed E-state index contributed by atoms with van der Waals surface area (Å²) in [5, 5.41) is 2.75. The van der Waals surface area contributed by atoms with E-state index in [0.717, 1.165) is 16.2 Å². The highest BCUT2D eigenvalue weighted by Crippen LogP contribution is 2.24. The monoisotopic (exact) mass is 309 g/mol. The van der Waals surface area contributed by atoms with Crippen LogP contribution in [0.15, 0.2) is 16.3 Å². The van der Waals surface area contributed by atoms with Crippen LogP contribution in [0.4, 0.5) is 0 Å². The maximum Gasteiger partial charge on any atom is 0.270 e. The molecule has 0 spiro atoms. The highest BCUT2D eigenvalue weighted by molar-refractivity contribution is 8.15. The Hall–Kier alpha value is -0.590. The number of halogens is 1. The van der Waals surface area contributed by atoms with E-state index in [1.807, 2.05) is 20.8 Å². The summed E-state index contributed by atoms with van der Waals surface area (Å²) in [6, 6.07) is 3.09. The molecule has 4 nitrogen and oxygen atoms in total. The molecule has 1 heterocycles. The minimum absolute atomic E-state index is 0.0498. The van der Waals surface area contributed by atoms with Crippen LogP contribution in [-0.4, -0.2) is 14.3 Å². The highest BCUT2D eigenvalue weighted by Gasteiger charge is 2.16. The molecule has 0 aliphatic rings. The van der Waals surface area contributed by atoms with Gasteiger partial charge >= 0.3 is 0 Å². The van der Waals surface area contributed by atoms with Crippen molar-refractivity contribution in [1.82, 2.24) is 5.32 Å². The number of amides is 1. The number of hydrogen-bond acceptors (Lipinski definition) is 4. The van der Waals surface area contributed by atoms with Gasteiger partial charge in [-0.1, -0.05) is 20.8 Å². The van der Waals surface area contributed by atoms with Gasteiger partial charge in [0.05, 0.1) is 6.54 Å². The predicted molar refractivity (Wildman–Crippen MR) is 73.3 cm³/mol. The predicted octanol–water partition coefficient (Wildman–Crippen LogP) is 2.73. The second-order valence-corrected chi connectivity index (χ2v) is 9.13. The molecule has 0 fully saturated rings. The summed E-state index contributed by atoms with van der Waals surface area (Å²) in [5.41, 5.74) is -0.0653. The summed E-state index contributed by atoms with van der Waals surface area (Å²) in [5.74, 6) is -0.0498. The minimum atomic E-state index is -3.67. The SMILES string of the molecule is CC(C)(C)CC(=O)NCc1ccc(S(=O)(=O)Cl)s1. The summed E-state index contributed by atoms with van der Waals surface area (Å²) in [6.45, 7) is 6.27. The van der Waals surface area contributed by atoms with Gasteiger partial charge in [0, 0.05) is 22.0 Å². The van der Waals surface area contributed by atoms with Crippen LogP contribution in [0.1, 0.15) is 32.1 Å². The number of rotatable bonds is 4. The molecular weight excluding hydrogens is 294 g/mol. The van der Waals surface area contributed by atoms with Gasteiger partial charge in [0.2, 0.25) is 5.91 Å². The van der Waals surface area contributed by atoms with Crippen molar-refractivity contribution in [2.75, 3.05) is 0 Å². The Morgan fingerprint density at radius 2 is 2.00 bits per heavy atom. The van der Waals surface area contributed by atoms with Gasteiger partial charge in [-0.2, -0.15) is 0 Å². The molecule has 1 rings (SSSR count). The summed E-state index contributed by atoms with van der Waals surface area (Å²) in [7, 11) is 1.55. The summed E-state index contributed by atoms with van der Waals surface area (Å²) < 4.78 is 22.2. The molecule has 0 bridgehead atoms. The first-order valence-corrected chi connectivity index (χ1v) is 8.50. The number of carbonyl (C=O) groups excluding carboxylic acids is 1. The smallest absolute Gasteiger partial charge is 0.270 e. The van der Waals surface area contributed by atoms with Gasteiger partial charge in [0.15, 0.2) is 0 Å². The van der Waals surface area contributed by atoms with E-state index in [1.165, 1.54) is 6.07 Å². The second kappa shape index (κ2) is 5.59. The lowest BCUT2D eigenvalue weighted by Gasteiger charge is -2.16. The van der Waals surface area contributed by atoms with Crippen molar-refractivity contribution in [3.05, 3.63) is 17.0 Å². The molecule has 0 aliphatic heterocycles. The molecule has 1 aromatic rings. The summed E-state index contributed by atoms with van der Waals surface area (Å²) in [6.07, 6.45) is 0.430. The molecule has 0 saturated carbocycles. The Morgan fingerprint density at radius 1 is 1.39 bits per heavy atom. The number of thiophene rings is 1. The molecule has 1 N–H and O–H groups in total. The van der Waals surface area contributed by atoms with Crippen molar-refractivity contribution < 1.29 is 13.2 Å². The lowest BCUT2D eigenvalue weighted by molar-refractivity contribution is -0.122. The zero-order valence-electron chi connectivity index (χ0n) is 10.5. The van der Waals surface area contributed by atoms with Gasteiger partial charge in [-0.25, -0.2) is 8.42 Å². The van der Waals surface area contributed by atoms with E-state index in [1.54, 1.807) is 6.07 Å². The zero-order chi connectivity index (χ0) is 14.0. The van der Waals surface area contributed by atoms with E-state index in [0.29, 0.717) is 13.0 Å². The first-order chi connectivity index (χ1) is 8.08. The molecule has 1 aromatic heterocycles. The standard InChI is InChI=1S/C11H16ClNO3S2/c1-11(2,3)6-9(14)13-7-8-4-5-10(17-8)18(12,15)16/h4-5H,6-7H2,1-3H3,(H,13,14). The topological polar surface area (TPSA) is 63.2 Å². The molecule has 1 amide bonds. The van der Waals surface area contributed by atoms with E-state index in [9.17, 15) is 13.2 Å². The Bertz CT molecular complexity index is 529. The molecule has 18 heavy (non-hydrogen) atoms. The number of carbonyl (C=O) groups is 1. The fourth-order valence-corrected chi connectivity index (χ4v) is 3.38. The normalized spacial score (nSPS) is 12.4. The number of nitrogens with one attached hydrogen (secondary N) is 1. The van der Waals surface area contributed by atoms with Crippen LogP contribution in [0.3, 0.4) is 0 Å². The zero-order valence-corrected chi connectivity index (χ0v) is 12.9. The maximum absolute atomic E-state index is 11.6. The summed E-state index contributed by atoms with van der Waals surface area (Å²) in [4.78, 5) is 12.3. The molecule has 0 unspecified atom stereocenters. The molecule has 0 saturated heterocycles. The lowest BCUT2D eigenvalue weighted by Crippen LogP contribution is -2.26. The molecule has 102 valence electrons. The van der Waals surface area contributed by atoms with Crippen LogP contribution in [0.2, 0.25) is 0 Å². The molecule has 0 aromatic carbocycles. The van der Waals surface area contributed by atoms with Gasteiger partial charge in [-0.05, 0) is 17.5 Å². The van der Waals surface area contributed by atoms with E-state index in [2.05, 4.69) is 5.32 Å². The first-order valence-electron chi connectivity index (χ1n) is 5.38. The summed E-state index contributed by atoms with van der Waals surface area (Å²) >= 11 is 1.07. The van der Waals surface area contributed by atoms with E-state index >= 15 is 0 Å². The van der Waals surface area contributed by atoms with Crippen molar-refractivity contribution in [1.29, 1.82) is 0 Å². The van der Waals surface area contributed by atoms with E-state index in [-0.39, 0.29) is 15.5 Å². The Morgan fingerprint density at radius 3 is 2.44 bits per heavy atom. The van der Waals surface area contributed by atoms with Gasteiger partial charge in [-0.15, -0.1) is 11.3 Å². The van der Waals surface area contributed by atoms with Gasteiger partial charge in [-0.3, -0.25) is 4.79 Å². The van der Waals surface area contributed by atoms with Crippen molar-refractivity contribution in [3.8, 4) is 0 Å². The van der Waals surface area contributed by atoms with Crippen molar-refractivity contribution >= 4 is 37.0 Å². The number of hydrogen-bond donors (Lipinski definition) is 1. The lowest BCUT2D eigenvalue weighted by atomic mass is 9.92. The van der Waals surface area contributed by atoms with Crippen LogP contribution in [-0.2, 0) is 20.4 Å². The van der Waals surface area contributed by atoms with Gasteiger partial charge in [0.1, 0.15) is 4.21 Å². The largest absolute Gasteiger partial charge is 0.351 e. The maximum atomic E-state index is 11.6. The molecule has 0 radical (unpaired) electrons. The molecule has 7 heteroatoms. The Balaban J connectivity index is 2.55. The third kappa shape index (κ3) is 5.37. The van der Waals surface area contributed by atoms with Gasteiger partial charge < -0.3 is 5.32 Å². The highest BCUT2D eigenvalue weighted by atomic mass is 35.7. The second-order valence-electron chi connectivity index (χ2n) is 5.17. The molecule has 0 aliphatic carbocycles. The van der Waals surface area contributed by atoms with Crippen molar-refractivity contribution in [3.63, 3.8) is 0 Å². The van der Waals surface area contributed by atoms with Crippen LogP contribution >= 0.6 is 22.0 Å². The third-order valence-corrected chi connectivity index (χ3v) is 5.21. The Kier molecular flexibility index (Phi) is 4.80. The Labute approximate surface area is 116 Å². The minimum Gasteiger partial charge on any atom is -0.351 e. The van der Waals surface area contributed by atoms with Gasteiger partial charge in [0.25, 0.3) is 9.05 Å².